The highest BCUT2D eigenvalue weighted by Crippen LogP contribution is 2.13. The number of aryl methyl sites for hydroxylation is 3. The summed E-state index contributed by atoms with van der Waals surface area (Å²) in [7, 11) is 0. The minimum absolute atomic E-state index is 0.104. The van der Waals surface area contributed by atoms with Crippen molar-refractivity contribution in [3.05, 3.63) is 33.0 Å². The van der Waals surface area contributed by atoms with Gasteiger partial charge in [-0.3, -0.25) is 9.48 Å². The molecule has 0 saturated heterocycles. The van der Waals surface area contributed by atoms with Crippen molar-refractivity contribution in [1.29, 1.82) is 0 Å². The van der Waals surface area contributed by atoms with Crippen molar-refractivity contribution in [3.63, 3.8) is 0 Å². The lowest BCUT2D eigenvalue weighted by atomic mass is 10.1. The van der Waals surface area contributed by atoms with Gasteiger partial charge in [0.05, 0.1) is 10.7 Å². The van der Waals surface area contributed by atoms with Gasteiger partial charge >= 0.3 is 0 Å². The van der Waals surface area contributed by atoms with Gasteiger partial charge in [0.15, 0.2) is 0 Å². The quantitative estimate of drug-likeness (QED) is 0.919. The minimum Gasteiger partial charge on any atom is -0.350 e. The minimum atomic E-state index is -0.104. The van der Waals surface area contributed by atoms with Crippen LogP contribution in [0.3, 0.4) is 0 Å². The molecule has 5 nitrogen and oxygen atoms in total. The van der Waals surface area contributed by atoms with Crippen LogP contribution in [0, 0.1) is 20.8 Å². The first-order valence-corrected chi connectivity index (χ1v) is 7.64. The SMILES string of the molecule is CCn1nc(C)c(CCNC(=O)c2csc(C)n2)c1C. The van der Waals surface area contributed by atoms with E-state index < -0.39 is 0 Å². The number of nitrogens with zero attached hydrogens (tertiary/aromatic N) is 3. The fourth-order valence-electron chi connectivity index (χ4n) is 2.26. The van der Waals surface area contributed by atoms with Crippen LogP contribution in [0.5, 0.6) is 0 Å². The lowest BCUT2D eigenvalue weighted by molar-refractivity contribution is 0.0949. The van der Waals surface area contributed by atoms with Crippen molar-refractivity contribution in [2.75, 3.05) is 6.54 Å². The molecule has 2 aromatic heterocycles. The summed E-state index contributed by atoms with van der Waals surface area (Å²) in [6, 6.07) is 0. The number of nitrogens with one attached hydrogen (secondary N) is 1. The largest absolute Gasteiger partial charge is 0.350 e. The number of hydrogen-bond acceptors (Lipinski definition) is 4. The maximum atomic E-state index is 11.9. The molecule has 2 heterocycles. The van der Waals surface area contributed by atoms with E-state index in [1.165, 1.54) is 22.6 Å². The normalized spacial score (nSPS) is 10.8. The molecule has 20 heavy (non-hydrogen) atoms. The zero-order valence-corrected chi connectivity index (χ0v) is 13.2. The molecule has 0 aliphatic rings. The van der Waals surface area contributed by atoms with Crippen molar-refractivity contribution in [2.24, 2.45) is 0 Å². The highest BCUT2D eigenvalue weighted by molar-refractivity contribution is 7.09. The molecular weight excluding hydrogens is 272 g/mol. The molecule has 108 valence electrons. The van der Waals surface area contributed by atoms with Crippen molar-refractivity contribution in [2.45, 2.75) is 40.7 Å². The maximum Gasteiger partial charge on any atom is 0.270 e. The number of aromatic nitrogens is 3. The van der Waals surface area contributed by atoms with E-state index in [2.05, 4.69) is 29.2 Å². The Kier molecular flexibility index (Phi) is 4.54. The topological polar surface area (TPSA) is 59.8 Å². The Morgan fingerprint density at radius 3 is 2.70 bits per heavy atom. The number of carbonyl (C=O) groups is 1. The summed E-state index contributed by atoms with van der Waals surface area (Å²) in [5.41, 5.74) is 3.96. The van der Waals surface area contributed by atoms with Crippen LogP contribution in [-0.2, 0) is 13.0 Å². The van der Waals surface area contributed by atoms with Gasteiger partial charge in [-0.2, -0.15) is 5.10 Å². The standard InChI is InChI=1S/C14H20N4OS/c1-5-18-10(3)12(9(2)17-18)6-7-15-14(19)13-8-20-11(4)16-13/h8H,5-7H2,1-4H3,(H,15,19). The van der Waals surface area contributed by atoms with Crippen molar-refractivity contribution < 1.29 is 4.79 Å². The van der Waals surface area contributed by atoms with E-state index in [-0.39, 0.29) is 5.91 Å². The Hall–Kier alpha value is -1.69. The van der Waals surface area contributed by atoms with Crippen molar-refractivity contribution >= 4 is 17.2 Å². The van der Waals surface area contributed by atoms with E-state index >= 15 is 0 Å². The molecule has 0 radical (unpaired) electrons. The molecule has 2 aromatic rings. The zero-order valence-electron chi connectivity index (χ0n) is 12.4. The third-order valence-corrected chi connectivity index (χ3v) is 4.12. The Balaban J connectivity index is 1.93. The van der Waals surface area contributed by atoms with Crippen molar-refractivity contribution in [3.8, 4) is 0 Å². The number of carbonyl (C=O) groups excluding carboxylic acids is 1. The zero-order chi connectivity index (χ0) is 14.7. The molecule has 0 fully saturated rings. The fraction of sp³-hybridized carbons (Fsp3) is 0.500. The third-order valence-electron chi connectivity index (χ3n) is 3.34. The Labute approximate surface area is 123 Å². The average Bonchev–Trinajstić information content (AvgIpc) is 2.96. The molecule has 0 aliphatic carbocycles. The van der Waals surface area contributed by atoms with Crippen LogP contribution in [0.4, 0.5) is 0 Å². The van der Waals surface area contributed by atoms with Crippen LogP contribution in [0.25, 0.3) is 0 Å². The summed E-state index contributed by atoms with van der Waals surface area (Å²) in [6.45, 7) is 9.54. The predicted molar refractivity (Wildman–Crippen MR) is 80.3 cm³/mol. The van der Waals surface area contributed by atoms with Gasteiger partial charge in [-0.05, 0) is 39.7 Å². The molecular formula is C14H20N4OS. The number of thiazole rings is 1. The molecule has 2 rings (SSSR count). The van der Waals surface area contributed by atoms with Crippen molar-refractivity contribution in [1.82, 2.24) is 20.1 Å². The van der Waals surface area contributed by atoms with Crippen LogP contribution in [0.1, 0.15) is 39.4 Å². The van der Waals surface area contributed by atoms with E-state index in [1.54, 1.807) is 5.38 Å². The summed E-state index contributed by atoms with van der Waals surface area (Å²) in [4.78, 5) is 16.1. The molecule has 6 heteroatoms. The van der Waals surface area contributed by atoms with Gasteiger partial charge in [-0.25, -0.2) is 4.98 Å². The van der Waals surface area contributed by atoms with Crippen LogP contribution in [-0.4, -0.2) is 27.2 Å². The highest BCUT2D eigenvalue weighted by Gasteiger charge is 2.12. The molecule has 1 N–H and O–H groups in total. The second-order valence-corrected chi connectivity index (χ2v) is 5.79. The van der Waals surface area contributed by atoms with E-state index in [4.69, 9.17) is 0 Å². The van der Waals surface area contributed by atoms with Crippen LogP contribution in [0.2, 0.25) is 0 Å². The van der Waals surface area contributed by atoms with Gasteiger partial charge in [0, 0.05) is 24.2 Å². The second kappa shape index (κ2) is 6.17. The lowest BCUT2D eigenvalue weighted by Gasteiger charge is -2.05. The molecule has 0 atom stereocenters. The second-order valence-electron chi connectivity index (χ2n) is 4.72. The molecule has 0 spiro atoms. The summed E-state index contributed by atoms with van der Waals surface area (Å²) >= 11 is 1.49. The first-order chi connectivity index (χ1) is 9.52. The van der Waals surface area contributed by atoms with Gasteiger partial charge in [-0.1, -0.05) is 0 Å². The predicted octanol–water partition coefficient (Wildman–Crippen LogP) is 2.26. The van der Waals surface area contributed by atoms with Gasteiger partial charge in [0.2, 0.25) is 0 Å². The fourth-order valence-corrected chi connectivity index (χ4v) is 2.86. The van der Waals surface area contributed by atoms with Gasteiger partial charge in [0.1, 0.15) is 5.69 Å². The molecule has 0 aliphatic heterocycles. The smallest absolute Gasteiger partial charge is 0.270 e. The third kappa shape index (κ3) is 3.07. The average molecular weight is 292 g/mol. The number of rotatable bonds is 5. The van der Waals surface area contributed by atoms with Crippen LogP contribution >= 0.6 is 11.3 Å². The molecule has 1 amide bonds. The Bertz CT molecular complexity index is 615. The number of amides is 1. The molecule has 0 aromatic carbocycles. The Morgan fingerprint density at radius 1 is 1.40 bits per heavy atom. The van der Waals surface area contributed by atoms with Crippen LogP contribution < -0.4 is 5.32 Å². The van der Waals surface area contributed by atoms with E-state index in [0.717, 1.165) is 23.7 Å². The molecule has 0 bridgehead atoms. The summed E-state index contributed by atoms with van der Waals surface area (Å²) < 4.78 is 2.00. The lowest BCUT2D eigenvalue weighted by Crippen LogP contribution is -2.26. The monoisotopic (exact) mass is 292 g/mol. The highest BCUT2D eigenvalue weighted by atomic mass is 32.1. The number of hydrogen-bond donors (Lipinski definition) is 1. The molecule has 0 unspecified atom stereocenters. The maximum absolute atomic E-state index is 11.9. The van der Waals surface area contributed by atoms with Gasteiger partial charge in [-0.15, -0.1) is 11.3 Å². The van der Waals surface area contributed by atoms with Gasteiger partial charge < -0.3 is 5.32 Å². The van der Waals surface area contributed by atoms with E-state index in [9.17, 15) is 4.79 Å². The van der Waals surface area contributed by atoms with Gasteiger partial charge in [0.25, 0.3) is 5.91 Å². The van der Waals surface area contributed by atoms with E-state index in [1.807, 2.05) is 18.5 Å². The first-order valence-electron chi connectivity index (χ1n) is 6.76. The summed E-state index contributed by atoms with van der Waals surface area (Å²) in [5, 5.41) is 10.1. The van der Waals surface area contributed by atoms with Crippen LogP contribution in [0.15, 0.2) is 5.38 Å². The summed E-state index contributed by atoms with van der Waals surface area (Å²) in [5.74, 6) is -0.104. The first kappa shape index (κ1) is 14.7. The van der Waals surface area contributed by atoms with E-state index in [0.29, 0.717) is 12.2 Å². The molecule has 0 saturated carbocycles. The summed E-state index contributed by atoms with van der Waals surface area (Å²) in [6.07, 6.45) is 0.798. The Morgan fingerprint density at radius 2 is 2.15 bits per heavy atom.